The molecule has 0 bridgehead atoms. The highest BCUT2D eigenvalue weighted by Crippen LogP contribution is 2.27. The van der Waals surface area contributed by atoms with Crippen LogP contribution >= 0.6 is 0 Å². The molecular formula is C19H23N7O3. The van der Waals surface area contributed by atoms with Crippen molar-refractivity contribution in [2.24, 2.45) is 11.7 Å². The molecule has 10 nitrogen and oxygen atoms in total. The van der Waals surface area contributed by atoms with E-state index in [2.05, 4.69) is 25.6 Å². The van der Waals surface area contributed by atoms with Gasteiger partial charge >= 0.3 is 0 Å². The van der Waals surface area contributed by atoms with Crippen LogP contribution in [0.5, 0.6) is 5.75 Å². The van der Waals surface area contributed by atoms with Crippen LogP contribution in [0, 0.1) is 5.92 Å². The number of anilines is 1. The van der Waals surface area contributed by atoms with Crippen LogP contribution in [0.2, 0.25) is 0 Å². The Bertz CT molecular complexity index is 989. The molecule has 0 unspecified atom stereocenters. The van der Waals surface area contributed by atoms with E-state index in [1.54, 1.807) is 18.0 Å². The molecule has 2 heterocycles. The molecule has 2 aromatic heterocycles. The smallest absolute Gasteiger partial charge is 0.225 e. The number of nitrogens with two attached hydrogens (primary N) is 1. The molecule has 10 heteroatoms. The number of aromatic nitrogens is 5. The highest BCUT2D eigenvalue weighted by atomic mass is 16.5. The zero-order valence-electron chi connectivity index (χ0n) is 16.1. The van der Waals surface area contributed by atoms with Crippen molar-refractivity contribution in [2.45, 2.75) is 25.3 Å². The number of carbonyl (C=O) groups is 1. The van der Waals surface area contributed by atoms with Crippen LogP contribution in [0.4, 0.5) is 5.95 Å². The minimum atomic E-state index is -0.248. The fourth-order valence-corrected chi connectivity index (χ4v) is 3.45. The van der Waals surface area contributed by atoms with Gasteiger partial charge in [0, 0.05) is 19.1 Å². The van der Waals surface area contributed by atoms with E-state index in [0.29, 0.717) is 36.7 Å². The maximum absolute atomic E-state index is 11.4. The van der Waals surface area contributed by atoms with Gasteiger partial charge in [-0.3, -0.25) is 4.79 Å². The lowest BCUT2D eigenvalue weighted by Gasteiger charge is -2.12. The normalized spacial score (nSPS) is 18.8. The van der Waals surface area contributed by atoms with Crippen LogP contribution in [0.3, 0.4) is 0 Å². The van der Waals surface area contributed by atoms with Crippen LogP contribution in [0.15, 0.2) is 30.5 Å². The summed E-state index contributed by atoms with van der Waals surface area (Å²) in [6.45, 7) is 1.02. The molecule has 0 radical (unpaired) electrons. The molecular weight excluding hydrogens is 374 g/mol. The zero-order chi connectivity index (χ0) is 20.2. The number of benzene rings is 1. The topological polar surface area (TPSA) is 130 Å². The summed E-state index contributed by atoms with van der Waals surface area (Å²) in [6, 6.07) is 7.63. The molecule has 4 rings (SSSR count). The Labute approximate surface area is 167 Å². The monoisotopic (exact) mass is 397 g/mol. The van der Waals surface area contributed by atoms with Crippen molar-refractivity contribution in [3.63, 3.8) is 0 Å². The number of methoxy groups -OCH3 is 1. The molecule has 1 fully saturated rings. The van der Waals surface area contributed by atoms with E-state index in [-0.39, 0.29) is 17.9 Å². The number of primary amides is 1. The number of carbonyl (C=O) groups excluding carboxylic acids is 1. The van der Waals surface area contributed by atoms with Crippen LogP contribution in [0.1, 0.15) is 19.3 Å². The standard InChI is InChI=1S/C19H23N7O3/c1-28-8-9-29-15-6-4-14(5-7-15)26-18-16(24-25-26)11-21-19(23-18)22-13-3-2-12(10-13)17(20)27/h4-7,11-13H,2-3,8-10H2,1H3,(H2,20,27)(H,21,22,23)/t12-,13+/m0/s1. The van der Waals surface area contributed by atoms with Crippen molar-refractivity contribution in [1.29, 1.82) is 0 Å². The van der Waals surface area contributed by atoms with Crippen molar-refractivity contribution in [3.05, 3.63) is 30.5 Å². The van der Waals surface area contributed by atoms with Gasteiger partial charge in [0.2, 0.25) is 11.9 Å². The van der Waals surface area contributed by atoms with E-state index < -0.39 is 0 Å². The predicted molar refractivity (Wildman–Crippen MR) is 106 cm³/mol. The highest BCUT2D eigenvalue weighted by Gasteiger charge is 2.28. The van der Waals surface area contributed by atoms with E-state index in [1.165, 1.54) is 0 Å². The van der Waals surface area contributed by atoms with Gasteiger partial charge in [0.05, 0.1) is 18.5 Å². The van der Waals surface area contributed by atoms with Crippen molar-refractivity contribution in [3.8, 4) is 11.4 Å². The molecule has 3 N–H and O–H groups in total. The first-order valence-corrected chi connectivity index (χ1v) is 9.50. The van der Waals surface area contributed by atoms with Crippen molar-refractivity contribution < 1.29 is 14.3 Å². The number of fused-ring (bicyclic) bond motifs is 1. The van der Waals surface area contributed by atoms with Gasteiger partial charge < -0.3 is 20.5 Å². The van der Waals surface area contributed by atoms with Crippen LogP contribution < -0.4 is 15.8 Å². The van der Waals surface area contributed by atoms with E-state index in [1.807, 2.05) is 24.3 Å². The molecule has 3 aromatic rings. The number of amides is 1. The molecule has 0 spiro atoms. The van der Waals surface area contributed by atoms with Gasteiger partial charge in [-0.2, -0.15) is 9.67 Å². The quantitative estimate of drug-likeness (QED) is 0.544. The lowest BCUT2D eigenvalue weighted by atomic mass is 10.1. The van der Waals surface area contributed by atoms with Crippen LogP contribution in [-0.2, 0) is 9.53 Å². The molecule has 2 atom stereocenters. The molecule has 1 aliphatic carbocycles. The number of ether oxygens (including phenoxy) is 2. The minimum absolute atomic E-state index is 0.0898. The summed E-state index contributed by atoms with van der Waals surface area (Å²) in [5.41, 5.74) is 7.41. The van der Waals surface area contributed by atoms with Gasteiger partial charge in [-0.05, 0) is 43.5 Å². The van der Waals surface area contributed by atoms with Gasteiger partial charge in [-0.15, -0.1) is 5.10 Å². The highest BCUT2D eigenvalue weighted by molar-refractivity contribution is 5.77. The van der Waals surface area contributed by atoms with Gasteiger partial charge in [0.1, 0.15) is 12.4 Å². The molecule has 1 saturated carbocycles. The molecule has 152 valence electrons. The summed E-state index contributed by atoms with van der Waals surface area (Å²) in [4.78, 5) is 20.3. The summed E-state index contributed by atoms with van der Waals surface area (Å²) in [7, 11) is 1.63. The first-order valence-electron chi connectivity index (χ1n) is 9.50. The van der Waals surface area contributed by atoms with Gasteiger partial charge in [0.25, 0.3) is 0 Å². The predicted octanol–water partition coefficient (Wildman–Crippen LogP) is 1.30. The fraction of sp³-hybridized carbons (Fsp3) is 0.421. The maximum atomic E-state index is 11.4. The molecule has 29 heavy (non-hydrogen) atoms. The average Bonchev–Trinajstić information content (AvgIpc) is 3.36. The first-order chi connectivity index (χ1) is 14.1. The summed E-state index contributed by atoms with van der Waals surface area (Å²) in [5, 5.41) is 11.6. The van der Waals surface area contributed by atoms with Crippen molar-refractivity contribution in [2.75, 3.05) is 25.6 Å². The Morgan fingerprint density at radius 2 is 2.10 bits per heavy atom. The van der Waals surface area contributed by atoms with Crippen molar-refractivity contribution >= 4 is 23.0 Å². The summed E-state index contributed by atoms with van der Waals surface area (Å²) >= 11 is 0. The largest absolute Gasteiger partial charge is 0.491 e. The van der Waals surface area contributed by atoms with E-state index in [9.17, 15) is 4.79 Å². The average molecular weight is 397 g/mol. The number of hydrogen-bond donors (Lipinski definition) is 2. The van der Waals surface area contributed by atoms with Crippen molar-refractivity contribution in [1.82, 2.24) is 25.0 Å². The third-order valence-electron chi connectivity index (χ3n) is 5.00. The maximum Gasteiger partial charge on any atom is 0.225 e. The SMILES string of the molecule is COCCOc1ccc(-n2nnc3cnc(N[C@@H]4CC[C@H](C(N)=O)C4)nc32)cc1. The minimum Gasteiger partial charge on any atom is -0.491 e. The van der Waals surface area contributed by atoms with Gasteiger partial charge in [-0.25, -0.2) is 4.98 Å². The molecule has 0 aliphatic heterocycles. The second-order valence-electron chi connectivity index (χ2n) is 6.99. The molecule has 1 aliphatic rings. The summed E-state index contributed by atoms with van der Waals surface area (Å²) in [6.07, 6.45) is 3.97. The summed E-state index contributed by atoms with van der Waals surface area (Å²) < 4.78 is 12.2. The molecule has 0 saturated heterocycles. The Balaban J connectivity index is 1.51. The van der Waals surface area contributed by atoms with E-state index in [4.69, 9.17) is 15.2 Å². The number of rotatable bonds is 8. The Hall–Kier alpha value is -3.27. The number of nitrogens with zero attached hydrogens (tertiary/aromatic N) is 5. The van der Waals surface area contributed by atoms with Gasteiger partial charge in [0.15, 0.2) is 11.2 Å². The second kappa shape index (κ2) is 8.39. The van der Waals surface area contributed by atoms with E-state index >= 15 is 0 Å². The number of hydrogen-bond acceptors (Lipinski definition) is 8. The Morgan fingerprint density at radius 3 is 2.83 bits per heavy atom. The van der Waals surface area contributed by atoms with Crippen LogP contribution in [-0.4, -0.2) is 57.2 Å². The number of nitrogens with one attached hydrogen (secondary N) is 1. The Kier molecular flexibility index (Phi) is 5.52. The van der Waals surface area contributed by atoms with Crippen LogP contribution in [0.25, 0.3) is 16.9 Å². The zero-order valence-corrected chi connectivity index (χ0v) is 16.1. The molecule has 1 amide bonds. The lowest BCUT2D eigenvalue weighted by molar-refractivity contribution is -0.121. The third-order valence-corrected chi connectivity index (χ3v) is 5.00. The third kappa shape index (κ3) is 4.27. The molecule has 1 aromatic carbocycles. The fourth-order valence-electron chi connectivity index (χ4n) is 3.45. The van der Waals surface area contributed by atoms with Gasteiger partial charge in [-0.1, -0.05) is 5.21 Å². The first kappa shape index (κ1) is 19.1. The Morgan fingerprint density at radius 1 is 1.28 bits per heavy atom. The summed E-state index contributed by atoms with van der Waals surface area (Å²) in [5.74, 6) is 0.892. The lowest BCUT2D eigenvalue weighted by Crippen LogP contribution is -2.23. The van der Waals surface area contributed by atoms with E-state index in [0.717, 1.165) is 24.3 Å². The second-order valence-corrected chi connectivity index (χ2v) is 6.99.